The topological polar surface area (TPSA) is 112 Å². The van der Waals surface area contributed by atoms with Crippen molar-refractivity contribution in [1.29, 1.82) is 0 Å². The largest absolute Gasteiger partial charge is 0.574 e. The number of halogens is 3. The first kappa shape index (κ1) is 14.5. The molecule has 1 heterocycles. The Morgan fingerprint density at radius 3 is 2.53 bits per heavy atom. The van der Waals surface area contributed by atoms with E-state index in [0.29, 0.717) is 0 Å². The minimum absolute atomic E-state index is 0.231. The molecule has 0 spiro atoms. The van der Waals surface area contributed by atoms with Crippen LogP contribution < -0.4 is 4.74 Å². The molecule has 0 fully saturated rings. The second-order valence-electron chi connectivity index (χ2n) is 2.97. The van der Waals surface area contributed by atoms with Crippen LogP contribution in [0.3, 0.4) is 0 Å². The summed E-state index contributed by atoms with van der Waals surface area (Å²) in [4.78, 5) is 23.5. The van der Waals surface area contributed by atoms with Crippen LogP contribution in [0.25, 0.3) is 0 Å². The number of carbonyl (C=O) groups is 1. The van der Waals surface area contributed by atoms with Crippen molar-refractivity contribution >= 4 is 11.7 Å². The van der Waals surface area contributed by atoms with Gasteiger partial charge in [0.15, 0.2) is 0 Å². The summed E-state index contributed by atoms with van der Waals surface area (Å²) < 4.78 is 43.4. The highest BCUT2D eigenvalue weighted by Gasteiger charge is 2.34. The number of hydrogen-bond donors (Lipinski definition) is 1. The standard InChI is InChI=1S/C8H5F3N2O6/c1-18-7(15)5-6(14)3(13(16)17)2-4(12-5)19-8(9,10)11/h2,14H,1H3. The lowest BCUT2D eigenvalue weighted by molar-refractivity contribution is -0.386. The first-order chi connectivity index (χ1) is 8.65. The Hall–Kier alpha value is -2.59. The molecule has 0 aliphatic carbocycles. The fourth-order valence-electron chi connectivity index (χ4n) is 1.05. The number of nitro groups is 1. The molecule has 8 nitrogen and oxygen atoms in total. The SMILES string of the molecule is COC(=O)c1nc(OC(F)(F)F)cc([N+](=O)[O-])c1O. The average Bonchev–Trinajstić information content (AvgIpc) is 2.27. The van der Waals surface area contributed by atoms with E-state index in [1.54, 1.807) is 0 Å². The summed E-state index contributed by atoms with van der Waals surface area (Å²) in [5.41, 5.74) is -2.23. The molecule has 0 aliphatic heterocycles. The van der Waals surface area contributed by atoms with E-state index in [1.165, 1.54) is 0 Å². The molecule has 0 aliphatic rings. The number of rotatable bonds is 3. The van der Waals surface area contributed by atoms with E-state index in [9.17, 15) is 33.2 Å². The minimum Gasteiger partial charge on any atom is -0.500 e. The monoisotopic (exact) mass is 282 g/mol. The van der Waals surface area contributed by atoms with Gasteiger partial charge in [0, 0.05) is 0 Å². The number of alkyl halides is 3. The number of aromatic hydroxyl groups is 1. The number of nitrogens with zero attached hydrogens (tertiary/aromatic N) is 2. The van der Waals surface area contributed by atoms with Crippen LogP contribution in [0.15, 0.2) is 6.07 Å². The summed E-state index contributed by atoms with van der Waals surface area (Å²) in [6, 6.07) is 0.231. The predicted octanol–water partition coefficient (Wildman–Crippen LogP) is 1.38. The molecule has 0 saturated carbocycles. The molecule has 0 aromatic carbocycles. The summed E-state index contributed by atoms with van der Waals surface area (Å²) in [7, 11) is 0.854. The predicted molar refractivity (Wildman–Crippen MR) is 50.6 cm³/mol. The van der Waals surface area contributed by atoms with E-state index in [4.69, 9.17) is 0 Å². The minimum atomic E-state index is -5.16. The maximum Gasteiger partial charge on any atom is 0.574 e. The van der Waals surface area contributed by atoms with Gasteiger partial charge in [-0.15, -0.1) is 13.2 Å². The fraction of sp³-hybridized carbons (Fsp3) is 0.250. The summed E-state index contributed by atoms with van der Waals surface area (Å²) >= 11 is 0. The van der Waals surface area contributed by atoms with E-state index >= 15 is 0 Å². The molecule has 0 saturated heterocycles. The number of ether oxygens (including phenoxy) is 2. The molecule has 1 aromatic heterocycles. The van der Waals surface area contributed by atoms with E-state index < -0.39 is 40.3 Å². The highest BCUT2D eigenvalue weighted by atomic mass is 19.4. The summed E-state index contributed by atoms with van der Waals surface area (Å²) in [6.45, 7) is 0. The number of pyridine rings is 1. The van der Waals surface area contributed by atoms with Crippen LogP contribution in [0.1, 0.15) is 10.5 Å². The highest BCUT2D eigenvalue weighted by molar-refractivity contribution is 5.91. The van der Waals surface area contributed by atoms with Crippen LogP contribution in [0.4, 0.5) is 18.9 Å². The summed E-state index contributed by atoms with van der Waals surface area (Å²) in [5, 5.41) is 19.9. The highest BCUT2D eigenvalue weighted by Crippen LogP contribution is 2.34. The van der Waals surface area contributed by atoms with Crippen LogP contribution in [-0.4, -0.2) is 34.5 Å². The van der Waals surface area contributed by atoms with Gasteiger partial charge < -0.3 is 14.6 Å². The van der Waals surface area contributed by atoms with Gasteiger partial charge in [0.1, 0.15) is 0 Å². The molecule has 1 N–H and O–H groups in total. The zero-order chi connectivity index (χ0) is 14.8. The van der Waals surface area contributed by atoms with Gasteiger partial charge in [-0.3, -0.25) is 10.1 Å². The van der Waals surface area contributed by atoms with E-state index in [0.717, 1.165) is 7.11 Å². The third-order valence-electron chi connectivity index (χ3n) is 1.74. The van der Waals surface area contributed by atoms with Gasteiger partial charge >= 0.3 is 18.0 Å². The van der Waals surface area contributed by atoms with Crippen molar-refractivity contribution in [2.45, 2.75) is 6.36 Å². The Morgan fingerprint density at radius 1 is 1.53 bits per heavy atom. The van der Waals surface area contributed by atoms with E-state index in [-0.39, 0.29) is 6.07 Å². The molecule has 19 heavy (non-hydrogen) atoms. The number of aromatic nitrogens is 1. The molecule has 104 valence electrons. The van der Waals surface area contributed by atoms with Crippen molar-refractivity contribution in [1.82, 2.24) is 4.98 Å². The Balaban J connectivity index is 3.39. The quantitative estimate of drug-likeness (QED) is 0.506. The maximum atomic E-state index is 12.0. The molecular weight excluding hydrogens is 277 g/mol. The lowest BCUT2D eigenvalue weighted by Gasteiger charge is -2.09. The number of methoxy groups -OCH3 is 1. The first-order valence-corrected chi connectivity index (χ1v) is 4.38. The lowest BCUT2D eigenvalue weighted by Crippen LogP contribution is -2.19. The van der Waals surface area contributed by atoms with Crippen molar-refractivity contribution in [3.05, 3.63) is 21.9 Å². The van der Waals surface area contributed by atoms with Crippen LogP contribution in [0.2, 0.25) is 0 Å². The van der Waals surface area contributed by atoms with Crippen LogP contribution in [0.5, 0.6) is 11.6 Å². The van der Waals surface area contributed by atoms with Gasteiger partial charge in [-0.2, -0.15) is 0 Å². The Labute approximate surface area is 102 Å². The average molecular weight is 282 g/mol. The van der Waals surface area contributed by atoms with Crippen LogP contribution >= 0.6 is 0 Å². The maximum absolute atomic E-state index is 12.0. The Morgan fingerprint density at radius 2 is 2.11 bits per heavy atom. The van der Waals surface area contributed by atoms with Gasteiger partial charge in [0.25, 0.3) is 0 Å². The zero-order valence-corrected chi connectivity index (χ0v) is 9.09. The van der Waals surface area contributed by atoms with Gasteiger partial charge in [-0.05, 0) is 0 Å². The van der Waals surface area contributed by atoms with Gasteiger partial charge in [0.2, 0.25) is 17.3 Å². The molecule has 0 unspecified atom stereocenters. The van der Waals surface area contributed by atoms with Crippen molar-refractivity contribution < 1.29 is 37.5 Å². The number of carbonyl (C=O) groups excluding carboxylic acids is 1. The number of esters is 1. The molecule has 0 bridgehead atoms. The molecule has 11 heteroatoms. The Bertz CT molecular complexity index is 530. The summed E-state index contributed by atoms with van der Waals surface area (Å²) in [5.74, 6) is -3.84. The lowest BCUT2D eigenvalue weighted by atomic mass is 10.3. The molecule has 0 radical (unpaired) electrons. The smallest absolute Gasteiger partial charge is 0.500 e. The second kappa shape index (κ2) is 4.96. The molecular formula is C8H5F3N2O6. The van der Waals surface area contributed by atoms with Gasteiger partial charge in [-0.25, -0.2) is 9.78 Å². The van der Waals surface area contributed by atoms with Crippen LogP contribution in [0, 0.1) is 10.1 Å². The van der Waals surface area contributed by atoms with Crippen molar-refractivity contribution in [2.24, 2.45) is 0 Å². The Kier molecular flexibility index (Phi) is 3.77. The number of hydrogen-bond acceptors (Lipinski definition) is 7. The zero-order valence-electron chi connectivity index (χ0n) is 9.09. The summed E-state index contributed by atoms with van der Waals surface area (Å²) in [6.07, 6.45) is -5.16. The van der Waals surface area contributed by atoms with Crippen molar-refractivity contribution in [3.63, 3.8) is 0 Å². The molecule has 0 atom stereocenters. The second-order valence-corrected chi connectivity index (χ2v) is 2.97. The first-order valence-electron chi connectivity index (χ1n) is 4.38. The normalized spacial score (nSPS) is 10.9. The third kappa shape index (κ3) is 3.43. The van der Waals surface area contributed by atoms with Gasteiger partial charge in [-0.1, -0.05) is 0 Å². The molecule has 1 rings (SSSR count). The molecule has 1 aromatic rings. The van der Waals surface area contributed by atoms with Gasteiger partial charge in [0.05, 0.1) is 18.1 Å². The van der Waals surface area contributed by atoms with E-state index in [1.807, 2.05) is 0 Å². The van der Waals surface area contributed by atoms with Crippen LogP contribution in [-0.2, 0) is 4.74 Å². The van der Waals surface area contributed by atoms with Crippen molar-refractivity contribution in [3.8, 4) is 11.6 Å². The third-order valence-corrected chi connectivity index (χ3v) is 1.74. The van der Waals surface area contributed by atoms with Crippen molar-refractivity contribution in [2.75, 3.05) is 7.11 Å². The van der Waals surface area contributed by atoms with E-state index in [2.05, 4.69) is 14.5 Å². The molecule has 0 amide bonds. The fourth-order valence-corrected chi connectivity index (χ4v) is 1.05.